The SMILES string of the molecule is O=C(C1=NOC(C(F)F)C1)c1ccccc1. The van der Waals surface area contributed by atoms with E-state index in [9.17, 15) is 13.6 Å². The van der Waals surface area contributed by atoms with Crippen molar-refractivity contribution in [2.75, 3.05) is 0 Å². The first kappa shape index (κ1) is 10.7. The summed E-state index contributed by atoms with van der Waals surface area (Å²) in [5.74, 6) is -0.358. The molecule has 0 amide bonds. The summed E-state index contributed by atoms with van der Waals surface area (Å²) in [6.45, 7) is 0. The van der Waals surface area contributed by atoms with Crippen LogP contribution in [0.15, 0.2) is 35.5 Å². The van der Waals surface area contributed by atoms with Crippen molar-refractivity contribution >= 4 is 11.5 Å². The van der Waals surface area contributed by atoms with Gasteiger partial charge in [0.15, 0.2) is 6.10 Å². The summed E-state index contributed by atoms with van der Waals surface area (Å²) < 4.78 is 24.5. The molecule has 5 heteroatoms. The zero-order chi connectivity index (χ0) is 11.5. The van der Waals surface area contributed by atoms with Crippen LogP contribution in [0.3, 0.4) is 0 Å². The lowest BCUT2D eigenvalue weighted by Crippen LogP contribution is -2.20. The van der Waals surface area contributed by atoms with Gasteiger partial charge in [-0.3, -0.25) is 4.79 Å². The van der Waals surface area contributed by atoms with Gasteiger partial charge in [0, 0.05) is 12.0 Å². The number of rotatable bonds is 3. The van der Waals surface area contributed by atoms with Crippen LogP contribution in [0.1, 0.15) is 16.8 Å². The van der Waals surface area contributed by atoms with E-state index in [-0.39, 0.29) is 17.9 Å². The zero-order valence-electron chi connectivity index (χ0n) is 8.27. The van der Waals surface area contributed by atoms with E-state index in [1.165, 1.54) is 0 Å². The highest BCUT2D eigenvalue weighted by Gasteiger charge is 2.32. The molecule has 0 aliphatic carbocycles. The smallest absolute Gasteiger partial charge is 0.277 e. The fourth-order valence-corrected chi connectivity index (χ4v) is 1.42. The van der Waals surface area contributed by atoms with Crippen molar-refractivity contribution in [1.82, 2.24) is 0 Å². The third kappa shape index (κ3) is 2.08. The lowest BCUT2D eigenvalue weighted by atomic mass is 10.0. The molecule has 0 fully saturated rings. The number of Topliss-reactive ketones (excluding diaryl/α,β-unsaturated/α-hetero) is 1. The van der Waals surface area contributed by atoms with Gasteiger partial charge in [0.05, 0.1) is 0 Å². The first-order chi connectivity index (χ1) is 7.68. The first-order valence-electron chi connectivity index (χ1n) is 4.79. The van der Waals surface area contributed by atoms with Crippen LogP contribution in [0.25, 0.3) is 0 Å². The zero-order valence-corrected chi connectivity index (χ0v) is 8.27. The maximum absolute atomic E-state index is 12.3. The molecule has 0 bridgehead atoms. The van der Waals surface area contributed by atoms with Crippen LogP contribution in [0.5, 0.6) is 0 Å². The molecule has 0 spiro atoms. The van der Waals surface area contributed by atoms with Crippen molar-refractivity contribution in [3.8, 4) is 0 Å². The van der Waals surface area contributed by atoms with Crippen molar-refractivity contribution in [3.63, 3.8) is 0 Å². The Labute approximate surface area is 90.7 Å². The Morgan fingerprint density at radius 2 is 2.06 bits per heavy atom. The van der Waals surface area contributed by atoms with Gasteiger partial charge >= 0.3 is 0 Å². The molecule has 0 N–H and O–H groups in total. The number of hydrogen-bond donors (Lipinski definition) is 0. The van der Waals surface area contributed by atoms with Crippen LogP contribution in [0, 0.1) is 0 Å². The maximum Gasteiger partial charge on any atom is 0.277 e. The van der Waals surface area contributed by atoms with Crippen molar-refractivity contribution < 1.29 is 18.4 Å². The van der Waals surface area contributed by atoms with E-state index >= 15 is 0 Å². The van der Waals surface area contributed by atoms with Crippen LogP contribution >= 0.6 is 0 Å². The Morgan fingerprint density at radius 1 is 1.38 bits per heavy atom. The van der Waals surface area contributed by atoms with Crippen LogP contribution in [0.4, 0.5) is 8.78 Å². The predicted octanol–water partition coefficient (Wildman–Crippen LogP) is 2.28. The monoisotopic (exact) mass is 225 g/mol. The lowest BCUT2D eigenvalue weighted by Gasteiger charge is -2.04. The van der Waals surface area contributed by atoms with E-state index < -0.39 is 12.5 Å². The van der Waals surface area contributed by atoms with Crippen molar-refractivity contribution in [1.29, 1.82) is 0 Å². The van der Waals surface area contributed by atoms with Crippen LogP contribution in [-0.2, 0) is 4.84 Å². The quantitative estimate of drug-likeness (QED) is 0.740. The molecule has 0 saturated heterocycles. The molecule has 2 rings (SSSR count). The molecule has 1 heterocycles. The second kappa shape index (κ2) is 4.38. The van der Waals surface area contributed by atoms with Crippen LogP contribution in [-0.4, -0.2) is 24.0 Å². The molecule has 1 aromatic carbocycles. The number of nitrogens with zero attached hydrogens (tertiary/aromatic N) is 1. The number of carbonyl (C=O) groups excluding carboxylic acids is 1. The van der Waals surface area contributed by atoms with E-state index in [0.29, 0.717) is 5.56 Å². The van der Waals surface area contributed by atoms with Crippen molar-refractivity contribution in [3.05, 3.63) is 35.9 Å². The molecule has 0 radical (unpaired) electrons. The number of hydrogen-bond acceptors (Lipinski definition) is 3. The van der Waals surface area contributed by atoms with Gasteiger partial charge in [-0.05, 0) is 0 Å². The molecule has 0 aromatic heterocycles. The number of ketones is 1. The number of oxime groups is 1. The summed E-state index contributed by atoms with van der Waals surface area (Å²) in [4.78, 5) is 16.2. The van der Waals surface area contributed by atoms with E-state index in [0.717, 1.165) is 0 Å². The second-order valence-electron chi connectivity index (χ2n) is 3.42. The minimum atomic E-state index is -2.62. The highest BCUT2D eigenvalue weighted by molar-refractivity contribution is 6.46. The predicted molar refractivity (Wildman–Crippen MR) is 53.7 cm³/mol. The average molecular weight is 225 g/mol. The molecule has 1 atom stereocenters. The summed E-state index contributed by atoms with van der Waals surface area (Å²) in [5.41, 5.74) is 0.483. The molecule has 1 aromatic rings. The average Bonchev–Trinajstić information content (AvgIpc) is 2.78. The highest BCUT2D eigenvalue weighted by Crippen LogP contribution is 2.19. The third-order valence-corrected chi connectivity index (χ3v) is 2.27. The molecule has 3 nitrogen and oxygen atoms in total. The van der Waals surface area contributed by atoms with Gasteiger partial charge in [-0.25, -0.2) is 8.78 Å². The Morgan fingerprint density at radius 3 is 2.62 bits per heavy atom. The molecule has 16 heavy (non-hydrogen) atoms. The van der Waals surface area contributed by atoms with Crippen molar-refractivity contribution in [2.45, 2.75) is 19.0 Å². The summed E-state index contributed by atoms with van der Waals surface area (Å²) in [6, 6.07) is 8.40. The Bertz CT molecular complexity index is 417. The topological polar surface area (TPSA) is 38.7 Å². The largest absolute Gasteiger partial charge is 0.386 e. The Balaban J connectivity index is 2.08. The Kier molecular flexibility index (Phi) is 2.94. The minimum absolute atomic E-state index is 0.0523. The molecular formula is C11H9F2NO2. The van der Waals surface area contributed by atoms with E-state index in [2.05, 4.69) is 9.99 Å². The number of carbonyl (C=O) groups is 1. The molecule has 0 saturated carbocycles. The van der Waals surface area contributed by atoms with Gasteiger partial charge in [0.25, 0.3) is 6.43 Å². The van der Waals surface area contributed by atoms with E-state index in [1.54, 1.807) is 30.3 Å². The minimum Gasteiger partial charge on any atom is -0.386 e. The molecule has 1 unspecified atom stereocenters. The van der Waals surface area contributed by atoms with Gasteiger partial charge in [0.1, 0.15) is 5.71 Å². The fourth-order valence-electron chi connectivity index (χ4n) is 1.42. The summed E-state index contributed by atoms with van der Waals surface area (Å²) in [7, 11) is 0. The van der Waals surface area contributed by atoms with Gasteiger partial charge in [-0.2, -0.15) is 0 Å². The van der Waals surface area contributed by atoms with E-state index in [4.69, 9.17) is 0 Å². The van der Waals surface area contributed by atoms with Crippen LogP contribution in [0.2, 0.25) is 0 Å². The number of alkyl halides is 2. The third-order valence-electron chi connectivity index (χ3n) is 2.27. The summed E-state index contributed by atoms with van der Waals surface area (Å²) >= 11 is 0. The lowest BCUT2D eigenvalue weighted by molar-refractivity contribution is -0.0363. The van der Waals surface area contributed by atoms with Gasteiger partial charge in [-0.15, -0.1) is 0 Å². The second-order valence-corrected chi connectivity index (χ2v) is 3.42. The molecule has 1 aliphatic heterocycles. The summed E-state index contributed by atoms with van der Waals surface area (Å²) in [5, 5.41) is 3.40. The summed E-state index contributed by atoms with van der Waals surface area (Å²) in [6.07, 6.45) is -4.04. The van der Waals surface area contributed by atoms with E-state index in [1.807, 2.05) is 0 Å². The molecule has 84 valence electrons. The normalized spacial score (nSPS) is 19.4. The standard InChI is InChI=1S/C11H9F2NO2/c12-11(13)9-6-8(14-16-9)10(15)7-4-2-1-3-5-7/h1-5,9,11H,6H2. The maximum atomic E-state index is 12.3. The highest BCUT2D eigenvalue weighted by atomic mass is 19.3. The van der Waals surface area contributed by atoms with Gasteiger partial charge in [0.2, 0.25) is 5.78 Å². The fraction of sp³-hybridized carbons (Fsp3) is 0.273. The Hall–Kier alpha value is -1.78. The number of halogens is 2. The molecular weight excluding hydrogens is 216 g/mol. The van der Waals surface area contributed by atoms with Gasteiger partial charge in [-0.1, -0.05) is 35.5 Å². The van der Waals surface area contributed by atoms with Crippen molar-refractivity contribution in [2.24, 2.45) is 5.16 Å². The van der Waals surface area contributed by atoms with Gasteiger partial charge < -0.3 is 4.84 Å². The number of benzene rings is 1. The molecule has 1 aliphatic rings. The first-order valence-corrected chi connectivity index (χ1v) is 4.79. The van der Waals surface area contributed by atoms with Crippen LogP contribution < -0.4 is 0 Å².